The predicted octanol–water partition coefficient (Wildman–Crippen LogP) is 1.44. The molecule has 1 aromatic rings. The van der Waals surface area contributed by atoms with Crippen LogP contribution in [0.4, 0.5) is 5.69 Å². The maximum atomic E-state index is 9.65. The molecule has 1 aliphatic heterocycles. The molecule has 3 heteroatoms. The average molecular weight is 202 g/mol. The largest absolute Gasteiger partial charge is 0.386 e. The number of β-amino-alcohol motifs (C(OH)–C–C–N with tert-alkyl or cyclic N) is 1. The van der Waals surface area contributed by atoms with E-state index in [0.29, 0.717) is 18.7 Å². The number of nitrogens with zero attached hydrogens (tertiary/aromatic N) is 2. The van der Waals surface area contributed by atoms with Crippen molar-refractivity contribution in [2.75, 3.05) is 18.0 Å². The molecule has 0 unspecified atom stereocenters. The van der Waals surface area contributed by atoms with Gasteiger partial charge in [-0.05, 0) is 31.5 Å². The highest BCUT2D eigenvalue weighted by atomic mass is 16.3. The first-order valence-corrected chi connectivity index (χ1v) is 5.00. The van der Waals surface area contributed by atoms with Crippen molar-refractivity contribution in [3.05, 3.63) is 29.3 Å². The van der Waals surface area contributed by atoms with Gasteiger partial charge in [0.05, 0.1) is 16.9 Å². The van der Waals surface area contributed by atoms with E-state index in [9.17, 15) is 5.11 Å². The zero-order valence-electron chi connectivity index (χ0n) is 8.99. The summed E-state index contributed by atoms with van der Waals surface area (Å²) < 4.78 is 0. The molecule has 1 fully saturated rings. The van der Waals surface area contributed by atoms with Gasteiger partial charge in [-0.1, -0.05) is 6.07 Å². The fourth-order valence-electron chi connectivity index (χ4n) is 1.94. The third kappa shape index (κ3) is 1.81. The van der Waals surface area contributed by atoms with Crippen molar-refractivity contribution in [1.29, 1.82) is 5.26 Å². The molecule has 0 amide bonds. The van der Waals surface area contributed by atoms with Gasteiger partial charge in [0.2, 0.25) is 0 Å². The Morgan fingerprint density at radius 2 is 2.13 bits per heavy atom. The average Bonchev–Trinajstić information content (AvgIpc) is 2.14. The summed E-state index contributed by atoms with van der Waals surface area (Å²) >= 11 is 0. The molecule has 0 atom stereocenters. The molecule has 1 aromatic carbocycles. The van der Waals surface area contributed by atoms with Gasteiger partial charge >= 0.3 is 0 Å². The van der Waals surface area contributed by atoms with Crippen LogP contribution in [-0.4, -0.2) is 23.8 Å². The van der Waals surface area contributed by atoms with Gasteiger partial charge in [0.1, 0.15) is 6.07 Å². The van der Waals surface area contributed by atoms with Gasteiger partial charge in [0.15, 0.2) is 0 Å². The van der Waals surface area contributed by atoms with E-state index in [4.69, 9.17) is 5.26 Å². The molecule has 1 aliphatic rings. The summed E-state index contributed by atoms with van der Waals surface area (Å²) in [5.74, 6) is 0. The standard InChI is InChI=1S/C12H14N2O/c1-9-3-4-10(6-13)11(5-9)14-7-12(2,15)8-14/h3-5,15H,7-8H2,1-2H3. The van der Waals surface area contributed by atoms with E-state index in [1.54, 1.807) is 0 Å². The van der Waals surface area contributed by atoms with E-state index in [1.807, 2.05) is 36.9 Å². The van der Waals surface area contributed by atoms with Crippen LogP contribution in [0.2, 0.25) is 0 Å². The second-order valence-corrected chi connectivity index (χ2v) is 4.49. The van der Waals surface area contributed by atoms with Crippen molar-refractivity contribution in [3.8, 4) is 6.07 Å². The van der Waals surface area contributed by atoms with Crippen LogP contribution in [0.1, 0.15) is 18.1 Å². The molecule has 0 bridgehead atoms. The van der Waals surface area contributed by atoms with Crippen LogP contribution in [0.25, 0.3) is 0 Å². The fraction of sp³-hybridized carbons (Fsp3) is 0.417. The first-order valence-electron chi connectivity index (χ1n) is 5.00. The topological polar surface area (TPSA) is 47.3 Å². The maximum Gasteiger partial charge on any atom is 0.101 e. The van der Waals surface area contributed by atoms with E-state index >= 15 is 0 Å². The molecule has 3 nitrogen and oxygen atoms in total. The highest BCUT2D eigenvalue weighted by molar-refractivity contribution is 5.62. The Labute approximate surface area is 89.6 Å². The summed E-state index contributed by atoms with van der Waals surface area (Å²) in [6.45, 7) is 5.02. The van der Waals surface area contributed by atoms with E-state index in [2.05, 4.69) is 6.07 Å². The summed E-state index contributed by atoms with van der Waals surface area (Å²) in [6, 6.07) is 7.93. The first kappa shape index (κ1) is 10.0. The molecule has 0 radical (unpaired) electrons. The summed E-state index contributed by atoms with van der Waals surface area (Å²) in [6.07, 6.45) is 0. The number of hydrogen-bond donors (Lipinski definition) is 1. The summed E-state index contributed by atoms with van der Waals surface area (Å²) in [5.41, 5.74) is 2.15. The van der Waals surface area contributed by atoms with Crippen molar-refractivity contribution in [1.82, 2.24) is 0 Å². The number of hydrogen-bond acceptors (Lipinski definition) is 3. The molecule has 78 valence electrons. The Hall–Kier alpha value is -1.53. The number of benzene rings is 1. The summed E-state index contributed by atoms with van der Waals surface area (Å²) in [4.78, 5) is 2.03. The van der Waals surface area contributed by atoms with E-state index < -0.39 is 5.60 Å². The molecule has 1 N–H and O–H groups in total. The molecule has 0 aliphatic carbocycles. The number of nitriles is 1. The van der Waals surface area contributed by atoms with Crippen molar-refractivity contribution >= 4 is 5.69 Å². The normalized spacial score (nSPS) is 18.1. The van der Waals surface area contributed by atoms with Crippen molar-refractivity contribution in [3.63, 3.8) is 0 Å². The van der Waals surface area contributed by atoms with Crippen LogP contribution in [0.15, 0.2) is 18.2 Å². The minimum absolute atomic E-state index is 0.601. The molecule has 1 heterocycles. The lowest BCUT2D eigenvalue weighted by Crippen LogP contribution is -2.60. The predicted molar refractivity (Wildman–Crippen MR) is 58.7 cm³/mol. The molecule has 15 heavy (non-hydrogen) atoms. The van der Waals surface area contributed by atoms with Crippen LogP contribution >= 0.6 is 0 Å². The molecule has 2 rings (SSSR count). The van der Waals surface area contributed by atoms with Gasteiger partial charge in [0.25, 0.3) is 0 Å². The number of aliphatic hydroxyl groups is 1. The van der Waals surface area contributed by atoms with Crippen LogP contribution in [0.3, 0.4) is 0 Å². The van der Waals surface area contributed by atoms with E-state index in [1.165, 1.54) is 0 Å². The quantitative estimate of drug-likeness (QED) is 0.749. The van der Waals surface area contributed by atoms with Crippen molar-refractivity contribution in [2.24, 2.45) is 0 Å². The van der Waals surface area contributed by atoms with Gasteiger partial charge in [0, 0.05) is 13.1 Å². The van der Waals surface area contributed by atoms with E-state index in [-0.39, 0.29) is 0 Å². The Bertz CT molecular complexity index is 424. The summed E-state index contributed by atoms with van der Waals surface area (Å²) in [7, 11) is 0. The van der Waals surface area contributed by atoms with Crippen LogP contribution in [0, 0.1) is 18.3 Å². The highest BCUT2D eigenvalue weighted by Crippen LogP contribution is 2.30. The third-order valence-corrected chi connectivity index (χ3v) is 2.68. The number of rotatable bonds is 1. The van der Waals surface area contributed by atoms with Gasteiger partial charge < -0.3 is 10.0 Å². The molecule has 0 saturated carbocycles. The molecule has 0 aromatic heterocycles. The molecule has 1 saturated heterocycles. The SMILES string of the molecule is Cc1ccc(C#N)c(N2CC(C)(O)C2)c1. The lowest BCUT2D eigenvalue weighted by Gasteiger charge is -2.46. The second kappa shape index (κ2) is 3.25. The fourth-order valence-corrected chi connectivity index (χ4v) is 1.94. The van der Waals surface area contributed by atoms with Crippen molar-refractivity contribution < 1.29 is 5.11 Å². The lowest BCUT2D eigenvalue weighted by atomic mass is 9.94. The Balaban J connectivity index is 2.29. The molecular weight excluding hydrogens is 188 g/mol. The Morgan fingerprint density at radius 3 is 2.67 bits per heavy atom. The van der Waals surface area contributed by atoms with Crippen LogP contribution < -0.4 is 4.90 Å². The van der Waals surface area contributed by atoms with Gasteiger partial charge in [-0.25, -0.2) is 0 Å². The minimum atomic E-state index is -0.601. The van der Waals surface area contributed by atoms with Gasteiger partial charge in [-0.2, -0.15) is 5.26 Å². The second-order valence-electron chi connectivity index (χ2n) is 4.49. The van der Waals surface area contributed by atoms with E-state index in [0.717, 1.165) is 11.3 Å². The van der Waals surface area contributed by atoms with Gasteiger partial charge in [-0.3, -0.25) is 0 Å². The van der Waals surface area contributed by atoms with Crippen LogP contribution in [-0.2, 0) is 0 Å². The zero-order chi connectivity index (χ0) is 11.1. The lowest BCUT2D eigenvalue weighted by molar-refractivity contribution is 0.0310. The smallest absolute Gasteiger partial charge is 0.101 e. The molecular formula is C12H14N2O. The third-order valence-electron chi connectivity index (χ3n) is 2.68. The first-order chi connectivity index (χ1) is 7.02. The zero-order valence-corrected chi connectivity index (χ0v) is 8.99. The Kier molecular flexibility index (Phi) is 2.17. The summed E-state index contributed by atoms with van der Waals surface area (Å²) in [5, 5.41) is 18.6. The van der Waals surface area contributed by atoms with Gasteiger partial charge in [-0.15, -0.1) is 0 Å². The maximum absolute atomic E-state index is 9.65. The number of anilines is 1. The van der Waals surface area contributed by atoms with Crippen molar-refractivity contribution in [2.45, 2.75) is 19.4 Å². The highest BCUT2D eigenvalue weighted by Gasteiger charge is 2.37. The monoisotopic (exact) mass is 202 g/mol. The van der Waals surface area contributed by atoms with Crippen LogP contribution in [0.5, 0.6) is 0 Å². The molecule has 0 spiro atoms. The number of aryl methyl sites for hydroxylation is 1. The minimum Gasteiger partial charge on any atom is -0.386 e. The Morgan fingerprint density at radius 1 is 1.47 bits per heavy atom.